The van der Waals surface area contributed by atoms with Crippen molar-refractivity contribution >= 4 is 16.9 Å². The SMILES string of the molecule is CN1CCC[C@@H](CNc2nc3ccccc3c(=O)[nH]2)[C@@H]1c1cncn1C. The Balaban J connectivity index is 1.56. The maximum atomic E-state index is 12.2. The highest BCUT2D eigenvalue weighted by atomic mass is 16.1. The van der Waals surface area contributed by atoms with Crippen LogP contribution in [0.1, 0.15) is 24.6 Å². The molecule has 0 spiro atoms. The molecule has 0 unspecified atom stereocenters. The number of aryl methyl sites for hydroxylation is 1. The molecule has 2 atom stereocenters. The van der Waals surface area contributed by atoms with Gasteiger partial charge >= 0.3 is 0 Å². The van der Waals surface area contributed by atoms with Gasteiger partial charge in [-0.05, 0) is 44.5 Å². The van der Waals surface area contributed by atoms with Gasteiger partial charge in [-0.3, -0.25) is 14.7 Å². The van der Waals surface area contributed by atoms with Crippen molar-refractivity contribution in [2.45, 2.75) is 18.9 Å². The molecule has 1 fully saturated rings. The smallest absolute Gasteiger partial charge is 0.260 e. The van der Waals surface area contributed by atoms with Crippen LogP contribution < -0.4 is 10.9 Å². The zero-order chi connectivity index (χ0) is 18.1. The van der Waals surface area contributed by atoms with Gasteiger partial charge in [0.1, 0.15) is 0 Å². The molecule has 0 saturated carbocycles. The maximum absolute atomic E-state index is 12.2. The van der Waals surface area contributed by atoms with Gasteiger partial charge in [-0.15, -0.1) is 0 Å². The molecule has 7 nitrogen and oxygen atoms in total. The summed E-state index contributed by atoms with van der Waals surface area (Å²) in [5, 5.41) is 3.97. The minimum absolute atomic E-state index is 0.109. The van der Waals surface area contributed by atoms with Crippen molar-refractivity contribution in [2.24, 2.45) is 13.0 Å². The molecule has 3 heterocycles. The maximum Gasteiger partial charge on any atom is 0.260 e. The van der Waals surface area contributed by atoms with E-state index in [2.05, 4.69) is 36.8 Å². The Morgan fingerprint density at radius 1 is 1.31 bits per heavy atom. The molecule has 26 heavy (non-hydrogen) atoms. The van der Waals surface area contributed by atoms with E-state index in [-0.39, 0.29) is 5.56 Å². The molecule has 1 aromatic carbocycles. The van der Waals surface area contributed by atoms with E-state index in [1.165, 1.54) is 12.1 Å². The Bertz CT molecular complexity index is 962. The van der Waals surface area contributed by atoms with Gasteiger partial charge in [0.05, 0.1) is 29.0 Å². The van der Waals surface area contributed by atoms with Crippen LogP contribution in [0.25, 0.3) is 10.9 Å². The number of rotatable bonds is 4. The van der Waals surface area contributed by atoms with Gasteiger partial charge in [-0.1, -0.05) is 12.1 Å². The minimum atomic E-state index is -0.109. The number of hydrogen-bond donors (Lipinski definition) is 2. The first-order valence-electron chi connectivity index (χ1n) is 9.03. The van der Waals surface area contributed by atoms with E-state index in [9.17, 15) is 4.79 Å². The third-order valence-electron chi connectivity index (χ3n) is 5.31. The summed E-state index contributed by atoms with van der Waals surface area (Å²) >= 11 is 0. The van der Waals surface area contributed by atoms with E-state index in [1.807, 2.05) is 37.8 Å². The standard InChI is InChI=1S/C19H24N6O/c1-24-9-5-6-13(17(24)16-11-20-12-25(16)2)10-21-19-22-15-8-4-3-7-14(15)18(26)23-19/h3-4,7-8,11-13,17H,5-6,9-10H2,1-2H3,(H2,21,22,23,26)/t13-,17+/m0/s1. The molecule has 0 amide bonds. The summed E-state index contributed by atoms with van der Waals surface area (Å²) in [6.45, 7) is 1.83. The Morgan fingerprint density at radius 3 is 2.96 bits per heavy atom. The molecule has 0 bridgehead atoms. The average molecular weight is 352 g/mol. The monoisotopic (exact) mass is 352 g/mol. The zero-order valence-electron chi connectivity index (χ0n) is 15.1. The molecule has 2 N–H and O–H groups in total. The molecular formula is C19H24N6O. The Hall–Kier alpha value is -2.67. The summed E-state index contributed by atoms with van der Waals surface area (Å²) in [4.78, 5) is 26.3. The Labute approximate surface area is 152 Å². The summed E-state index contributed by atoms with van der Waals surface area (Å²) in [5.41, 5.74) is 1.82. The predicted molar refractivity (Wildman–Crippen MR) is 102 cm³/mol. The van der Waals surface area contributed by atoms with Gasteiger partial charge < -0.3 is 9.88 Å². The first-order chi connectivity index (χ1) is 12.6. The predicted octanol–water partition coefficient (Wildman–Crippen LogP) is 2.15. The summed E-state index contributed by atoms with van der Waals surface area (Å²) in [6, 6.07) is 7.70. The fourth-order valence-electron chi connectivity index (χ4n) is 3.99. The van der Waals surface area contributed by atoms with Crippen LogP contribution in [0, 0.1) is 5.92 Å². The van der Waals surface area contributed by atoms with Crippen LogP contribution in [0.4, 0.5) is 5.95 Å². The van der Waals surface area contributed by atoms with Crippen LogP contribution in [0.15, 0.2) is 41.6 Å². The molecule has 7 heteroatoms. The second-order valence-electron chi connectivity index (χ2n) is 7.07. The highest BCUT2D eigenvalue weighted by Crippen LogP contribution is 2.34. The molecule has 1 aliphatic rings. The number of imidazole rings is 1. The third-order valence-corrected chi connectivity index (χ3v) is 5.31. The largest absolute Gasteiger partial charge is 0.355 e. The lowest BCUT2D eigenvalue weighted by molar-refractivity contribution is 0.122. The number of aromatic nitrogens is 4. The van der Waals surface area contributed by atoms with Crippen molar-refractivity contribution < 1.29 is 0 Å². The van der Waals surface area contributed by atoms with Crippen molar-refractivity contribution in [1.82, 2.24) is 24.4 Å². The molecule has 0 aliphatic carbocycles. The lowest BCUT2D eigenvalue weighted by Gasteiger charge is -2.39. The van der Waals surface area contributed by atoms with Gasteiger partial charge in [0.25, 0.3) is 5.56 Å². The first kappa shape index (κ1) is 16.8. The van der Waals surface area contributed by atoms with Crippen molar-refractivity contribution in [3.05, 3.63) is 52.8 Å². The molecule has 1 saturated heterocycles. The fourth-order valence-corrected chi connectivity index (χ4v) is 3.99. The number of likely N-dealkylation sites (tertiary alicyclic amines) is 1. The van der Waals surface area contributed by atoms with E-state index in [4.69, 9.17) is 0 Å². The lowest BCUT2D eigenvalue weighted by Crippen LogP contribution is -2.40. The van der Waals surface area contributed by atoms with Crippen molar-refractivity contribution in [3.63, 3.8) is 0 Å². The van der Waals surface area contributed by atoms with Gasteiger partial charge in [-0.2, -0.15) is 0 Å². The number of hydrogen-bond acceptors (Lipinski definition) is 5. The number of fused-ring (bicyclic) bond motifs is 1. The van der Waals surface area contributed by atoms with Crippen molar-refractivity contribution in [3.8, 4) is 0 Å². The van der Waals surface area contributed by atoms with Gasteiger partial charge in [0, 0.05) is 19.8 Å². The normalized spacial score (nSPS) is 21.2. The zero-order valence-corrected chi connectivity index (χ0v) is 15.1. The number of piperidine rings is 1. The highest BCUT2D eigenvalue weighted by Gasteiger charge is 2.32. The lowest BCUT2D eigenvalue weighted by atomic mass is 9.87. The molecule has 2 aromatic heterocycles. The number of H-pyrrole nitrogens is 1. The quantitative estimate of drug-likeness (QED) is 0.752. The number of para-hydroxylation sites is 1. The molecule has 0 radical (unpaired) electrons. The van der Waals surface area contributed by atoms with E-state index in [0.717, 1.165) is 19.5 Å². The number of nitrogens with zero attached hydrogens (tertiary/aromatic N) is 4. The van der Waals surface area contributed by atoms with E-state index in [0.29, 0.717) is 28.8 Å². The van der Waals surface area contributed by atoms with Crippen LogP contribution in [0.3, 0.4) is 0 Å². The summed E-state index contributed by atoms with van der Waals surface area (Å²) in [7, 11) is 4.21. The molecule has 3 aromatic rings. The van der Waals surface area contributed by atoms with E-state index < -0.39 is 0 Å². The number of anilines is 1. The van der Waals surface area contributed by atoms with Crippen LogP contribution in [0.5, 0.6) is 0 Å². The second-order valence-corrected chi connectivity index (χ2v) is 7.07. The van der Waals surface area contributed by atoms with Gasteiger partial charge in [0.15, 0.2) is 0 Å². The van der Waals surface area contributed by atoms with Crippen LogP contribution in [-0.4, -0.2) is 44.6 Å². The van der Waals surface area contributed by atoms with Crippen LogP contribution >= 0.6 is 0 Å². The molecule has 136 valence electrons. The second kappa shape index (κ2) is 6.92. The minimum Gasteiger partial charge on any atom is -0.355 e. The first-order valence-corrected chi connectivity index (χ1v) is 9.03. The van der Waals surface area contributed by atoms with Crippen molar-refractivity contribution in [1.29, 1.82) is 0 Å². The van der Waals surface area contributed by atoms with Gasteiger partial charge in [0.2, 0.25) is 5.95 Å². The number of benzene rings is 1. The van der Waals surface area contributed by atoms with Crippen molar-refractivity contribution in [2.75, 3.05) is 25.5 Å². The molecule has 1 aliphatic heterocycles. The Kier molecular flexibility index (Phi) is 4.46. The van der Waals surface area contributed by atoms with E-state index in [1.54, 1.807) is 6.07 Å². The summed E-state index contributed by atoms with van der Waals surface area (Å²) in [5.74, 6) is 0.951. The molecular weight excluding hydrogens is 328 g/mol. The van der Waals surface area contributed by atoms with Crippen LogP contribution in [-0.2, 0) is 7.05 Å². The third kappa shape index (κ3) is 3.10. The summed E-state index contributed by atoms with van der Waals surface area (Å²) < 4.78 is 2.09. The highest BCUT2D eigenvalue weighted by molar-refractivity contribution is 5.78. The van der Waals surface area contributed by atoms with Gasteiger partial charge in [-0.25, -0.2) is 9.97 Å². The van der Waals surface area contributed by atoms with Crippen LogP contribution in [0.2, 0.25) is 0 Å². The number of nitrogens with one attached hydrogen (secondary N) is 2. The number of aromatic amines is 1. The molecule has 4 rings (SSSR count). The average Bonchev–Trinajstić information content (AvgIpc) is 3.05. The topological polar surface area (TPSA) is 78.8 Å². The Morgan fingerprint density at radius 2 is 2.15 bits per heavy atom. The fraction of sp³-hybridized carbons (Fsp3) is 0.421. The summed E-state index contributed by atoms with van der Waals surface area (Å²) in [6.07, 6.45) is 6.10. The van der Waals surface area contributed by atoms with E-state index >= 15 is 0 Å².